The molecule has 1 heterocycles. The molecular formula is C8H17N3O4S. The maximum Gasteiger partial charge on any atom is 0.280 e. The first kappa shape index (κ1) is 13.4. The van der Waals surface area contributed by atoms with E-state index in [1.165, 1.54) is 4.31 Å². The number of nitrogens with two attached hydrogens (primary N) is 1. The van der Waals surface area contributed by atoms with Gasteiger partial charge in [-0.05, 0) is 13.8 Å². The van der Waals surface area contributed by atoms with Gasteiger partial charge in [-0.15, -0.1) is 0 Å². The first-order valence-corrected chi connectivity index (χ1v) is 6.44. The number of carbonyl (C=O) groups excluding carboxylic acids is 1. The number of primary amides is 1. The SMILES string of the molecule is CC1CN(S(=O)(=O)NCC(N)=O)CC(C)O1. The van der Waals surface area contributed by atoms with Crippen LogP contribution >= 0.6 is 0 Å². The molecule has 1 aliphatic rings. The molecule has 1 aliphatic heterocycles. The third-order valence-electron chi connectivity index (χ3n) is 2.15. The van der Waals surface area contributed by atoms with Gasteiger partial charge in [-0.2, -0.15) is 17.4 Å². The van der Waals surface area contributed by atoms with Crippen LogP contribution in [0.1, 0.15) is 13.8 Å². The Morgan fingerprint density at radius 1 is 1.44 bits per heavy atom. The summed E-state index contributed by atoms with van der Waals surface area (Å²) in [5.41, 5.74) is 4.87. The smallest absolute Gasteiger partial charge is 0.280 e. The van der Waals surface area contributed by atoms with Crippen molar-refractivity contribution in [2.24, 2.45) is 5.73 Å². The van der Waals surface area contributed by atoms with Crippen LogP contribution in [0.5, 0.6) is 0 Å². The third-order valence-corrected chi connectivity index (χ3v) is 3.64. The van der Waals surface area contributed by atoms with Gasteiger partial charge in [0.1, 0.15) is 0 Å². The average Bonchev–Trinajstić information content (AvgIpc) is 2.13. The van der Waals surface area contributed by atoms with Crippen LogP contribution in [0.4, 0.5) is 0 Å². The van der Waals surface area contributed by atoms with Gasteiger partial charge in [0.2, 0.25) is 5.91 Å². The van der Waals surface area contributed by atoms with Crippen LogP contribution in [0.15, 0.2) is 0 Å². The molecule has 0 radical (unpaired) electrons. The van der Waals surface area contributed by atoms with Crippen LogP contribution in [0.2, 0.25) is 0 Å². The standard InChI is InChI=1S/C8H17N3O4S/c1-6-4-11(5-7(2)15-6)16(13,14)10-3-8(9)12/h6-7,10H,3-5H2,1-2H3,(H2,9,12). The molecule has 8 heteroatoms. The van der Waals surface area contributed by atoms with Crippen molar-refractivity contribution >= 4 is 16.1 Å². The van der Waals surface area contributed by atoms with Gasteiger partial charge in [-0.1, -0.05) is 0 Å². The van der Waals surface area contributed by atoms with Gasteiger partial charge in [-0.3, -0.25) is 4.79 Å². The second kappa shape index (κ2) is 5.09. The van der Waals surface area contributed by atoms with Gasteiger partial charge in [0.25, 0.3) is 10.2 Å². The lowest BCUT2D eigenvalue weighted by atomic mass is 10.3. The van der Waals surface area contributed by atoms with E-state index >= 15 is 0 Å². The summed E-state index contributed by atoms with van der Waals surface area (Å²) in [6.45, 7) is 3.76. The van der Waals surface area contributed by atoms with Gasteiger partial charge >= 0.3 is 0 Å². The molecule has 0 aromatic rings. The number of amides is 1. The number of ether oxygens (including phenoxy) is 1. The molecule has 1 fully saturated rings. The largest absolute Gasteiger partial charge is 0.373 e. The van der Waals surface area contributed by atoms with Crippen LogP contribution in [-0.4, -0.2) is 50.5 Å². The summed E-state index contributed by atoms with van der Waals surface area (Å²) < 4.78 is 32.3. The van der Waals surface area contributed by atoms with Crippen molar-refractivity contribution < 1.29 is 17.9 Å². The highest BCUT2D eigenvalue weighted by Crippen LogP contribution is 2.13. The van der Waals surface area contributed by atoms with Crippen molar-refractivity contribution in [1.82, 2.24) is 9.03 Å². The summed E-state index contributed by atoms with van der Waals surface area (Å²) >= 11 is 0. The predicted molar refractivity (Wildman–Crippen MR) is 57.7 cm³/mol. The van der Waals surface area contributed by atoms with Gasteiger partial charge in [0.15, 0.2) is 0 Å². The normalized spacial score (nSPS) is 27.9. The van der Waals surface area contributed by atoms with E-state index in [4.69, 9.17) is 10.5 Å². The van der Waals surface area contributed by atoms with E-state index in [0.29, 0.717) is 0 Å². The topological polar surface area (TPSA) is 102 Å². The van der Waals surface area contributed by atoms with Crippen molar-refractivity contribution in [3.63, 3.8) is 0 Å². The highest BCUT2D eigenvalue weighted by atomic mass is 32.2. The molecule has 16 heavy (non-hydrogen) atoms. The third kappa shape index (κ3) is 3.71. The van der Waals surface area contributed by atoms with Crippen LogP contribution in [0, 0.1) is 0 Å². The fourth-order valence-corrected chi connectivity index (χ4v) is 2.90. The molecule has 94 valence electrons. The molecule has 0 saturated carbocycles. The van der Waals surface area contributed by atoms with Crippen LogP contribution in [-0.2, 0) is 19.7 Å². The summed E-state index contributed by atoms with van der Waals surface area (Å²) in [5, 5.41) is 0. The highest BCUT2D eigenvalue weighted by molar-refractivity contribution is 7.87. The minimum atomic E-state index is -3.64. The van der Waals surface area contributed by atoms with Crippen molar-refractivity contribution in [1.29, 1.82) is 0 Å². The number of hydrogen-bond acceptors (Lipinski definition) is 4. The second-order valence-corrected chi connectivity index (χ2v) is 5.62. The van der Waals surface area contributed by atoms with E-state index in [0.717, 1.165) is 0 Å². The molecule has 0 bridgehead atoms. The summed E-state index contributed by atoms with van der Waals surface area (Å²) in [6.07, 6.45) is -0.317. The highest BCUT2D eigenvalue weighted by Gasteiger charge is 2.30. The molecule has 1 saturated heterocycles. The molecule has 3 N–H and O–H groups in total. The summed E-state index contributed by atoms with van der Waals surface area (Å²) in [4.78, 5) is 10.5. The Bertz CT molecular complexity index is 346. The van der Waals surface area contributed by atoms with E-state index in [2.05, 4.69) is 4.72 Å². The lowest BCUT2D eigenvalue weighted by molar-refractivity contribution is -0.116. The summed E-state index contributed by atoms with van der Waals surface area (Å²) in [6, 6.07) is 0. The first-order valence-electron chi connectivity index (χ1n) is 4.99. The van der Waals surface area contributed by atoms with Gasteiger partial charge in [0, 0.05) is 13.1 Å². The van der Waals surface area contributed by atoms with E-state index in [1.807, 2.05) is 0 Å². The minimum Gasteiger partial charge on any atom is -0.373 e. The first-order chi connectivity index (χ1) is 7.31. The molecule has 2 atom stereocenters. The number of carbonyl (C=O) groups is 1. The quantitative estimate of drug-likeness (QED) is 0.629. The summed E-state index contributed by atoms with van der Waals surface area (Å²) in [5.74, 6) is -0.710. The van der Waals surface area contributed by atoms with Gasteiger partial charge in [-0.25, -0.2) is 0 Å². The van der Waals surface area contributed by atoms with Crippen molar-refractivity contribution in [3.8, 4) is 0 Å². The number of morpholine rings is 1. The van der Waals surface area contributed by atoms with E-state index in [1.54, 1.807) is 13.8 Å². The molecule has 1 rings (SSSR count). The second-order valence-electron chi connectivity index (χ2n) is 3.87. The van der Waals surface area contributed by atoms with Crippen LogP contribution in [0.25, 0.3) is 0 Å². The molecule has 0 spiro atoms. The maximum atomic E-state index is 11.7. The maximum absolute atomic E-state index is 11.7. The Kier molecular flexibility index (Phi) is 4.25. The lowest BCUT2D eigenvalue weighted by Gasteiger charge is -2.34. The molecule has 7 nitrogen and oxygen atoms in total. The molecule has 0 aromatic carbocycles. The van der Waals surface area contributed by atoms with E-state index in [9.17, 15) is 13.2 Å². The van der Waals surface area contributed by atoms with E-state index < -0.39 is 16.1 Å². The number of nitrogens with zero attached hydrogens (tertiary/aromatic N) is 1. The van der Waals surface area contributed by atoms with Crippen LogP contribution in [0.3, 0.4) is 0 Å². The zero-order valence-corrected chi connectivity index (χ0v) is 10.2. The number of rotatable bonds is 4. The molecule has 1 amide bonds. The Labute approximate surface area is 95.1 Å². The molecule has 2 unspecified atom stereocenters. The van der Waals surface area contributed by atoms with Gasteiger partial charge in [0.05, 0.1) is 18.8 Å². The Hall–Kier alpha value is -0.700. The Morgan fingerprint density at radius 3 is 2.38 bits per heavy atom. The zero-order chi connectivity index (χ0) is 12.3. The van der Waals surface area contributed by atoms with E-state index in [-0.39, 0.29) is 31.8 Å². The average molecular weight is 251 g/mol. The number of hydrogen-bond donors (Lipinski definition) is 2. The monoisotopic (exact) mass is 251 g/mol. The summed E-state index contributed by atoms with van der Waals surface area (Å²) in [7, 11) is -3.64. The fourth-order valence-electron chi connectivity index (χ4n) is 1.58. The van der Waals surface area contributed by atoms with Crippen LogP contribution < -0.4 is 10.5 Å². The minimum absolute atomic E-state index is 0.158. The molecular weight excluding hydrogens is 234 g/mol. The number of nitrogens with one attached hydrogen (secondary N) is 1. The Balaban J connectivity index is 2.64. The van der Waals surface area contributed by atoms with Gasteiger partial charge < -0.3 is 10.5 Å². The van der Waals surface area contributed by atoms with Crippen molar-refractivity contribution in [3.05, 3.63) is 0 Å². The zero-order valence-electron chi connectivity index (χ0n) is 9.34. The molecule has 0 aliphatic carbocycles. The predicted octanol–water partition coefficient (Wildman–Crippen LogP) is -1.58. The lowest BCUT2D eigenvalue weighted by Crippen LogP contribution is -2.52. The molecule has 0 aromatic heterocycles. The Morgan fingerprint density at radius 2 is 1.94 bits per heavy atom. The van der Waals surface area contributed by atoms with Crippen molar-refractivity contribution in [2.75, 3.05) is 19.6 Å². The fraction of sp³-hybridized carbons (Fsp3) is 0.875. The van der Waals surface area contributed by atoms with Crippen molar-refractivity contribution in [2.45, 2.75) is 26.1 Å².